The number of methoxy groups -OCH3 is 1. The van der Waals surface area contributed by atoms with Crippen LogP contribution in [-0.2, 0) is 11.2 Å². The zero-order valence-corrected chi connectivity index (χ0v) is 14.2. The molecule has 0 aliphatic rings. The normalized spacial score (nSPS) is 10.1. The molecular weight excluding hydrogens is 304 g/mol. The van der Waals surface area contributed by atoms with E-state index < -0.39 is 0 Å². The van der Waals surface area contributed by atoms with Crippen molar-refractivity contribution in [2.45, 2.75) is 19.8 Å². The summed E-state index contributed by atoms with van der Waals surface area (Å²) in [5.74, 6) is 0.159. The molecule has 0 saturated carbocycles. The van der Waals surface area contributed by atoms with Crippen LogP contribution in [0.2, 0.25) is 0 Å². The average molecular weight is 326 g/mol. The van der Waals surface area contributed by atoms with Crippen LogP contribution in [0.25, 0.3) is 0 Å². The predicted molar refractivity (Wildman–Crippen MR) is 94.5 cm³/mol. The van der Waals surface area contributed by atoms with Crippen LogP contribution in [0.3, 0.4) is 0 Å². The molecule has 126 valence electrons. The van der Waals surface area contributed by atoms with Gasteiger partial charge < -0.3 is 15.4 Å². The van der Waals surface area contributed by atoms with E-state index in [-0.39, 0.29) is 11.8 Å². The van der Waals surface area contributed by atoms with Gasteiger partial charge in [-0.05, 0) is 37.1 Å². The maximum absolute atomic E-state index is 12.1. The van der Waals surface area contributed by atoms with Gasteiger partial charge in [-0.2, -0.15) is 0 Å². The first-order valence-corrected chi connectivity index (χ1v) is 7.79. The molecule has 0 unspecified atom stereocenters. The number of ether oxygens (including phenoxy) is 1. The quantitative estimate of drug-likeness (QED) is 0.857. The molecule has 0 saturated heterocycles. The van der Waals surface area contributed by atoms with Crippen LogP contribution in [-0.4, -0.2) is 26.0 Å². The van der Waals surface area contributed by atoms with E-state index in [9.17, 15) is 9.59 Å². The van der Waals surface area contributed by atoms with Crippen molar-refractivity contribution in [3.63, 3.8) is 0 Å². The van der Waals surface area contributed by atoms with E-state index in [1.54, 1.807) is 25.2 Å². The molecule has 0 atom stereocenters. The van der Waals surface area contributed by atoms with Gasteiger partial charge in [0.2, 0.25) is 5.91 Å². The number of amides is 2. The SMILES string of the molecule is CNC(=O)c1ccc(NC(=O)CCc2ccc(C)cc2)c(OC)c1. The van der Waals surface area contributed by atoms with Crippen molar-refractivity contribution in [1.29, 1.82) is 0 Å². The van der Waals surface area contributed by atoms with Crippen LogP contribution >= 0.6 is 0 Å². The summed E-state index contributed by atoms with van der Waals surface area (Å²) in [6, 6.07) is 13.1. The summed E-state index contributed by atoms with van der Waals surface area (Å²) in [5.41, 5.74) is 3.35. The topological polar surface area (TPSA) is 67.4 Å². The molecule has 2 aromatic carbocycles. The second-order valence-electron chi connectivity index (χ2n) is 5.53. The maximum atomic E-state index is 12.1. The van der Waals surface area contributed by atoms with Crippen molar-refractivity contribution in [1.82, 2.24) is 5.32 Å². The number of nitrogens with one attached hydrogen (secondary N) is 2. The highest BCUT2D eigenvalue weighted by Crippen LogP contribution is 2.25. The van der Waals surface area contributed by atoms with Crippen LogP contribution in [0, 0.1) is 6.92 Å². The molecule has 0 aliphatic heterocycles. The molecule has 0 fully saturated rings. The molecule has 0 radical (unpaired) electrons. The van der Waals surface area contributed by atoms with E-state index in [0.717, 1.165) is 5.56 Å². The Morgan fingerprint density at radius 1 is 1.08 bits per heavy atom. The zero-order valence-electron chi connectivity index (χ0n) is 14.2. The highest BCUT2D eigenvalue weighted by atomic mass is 16.5. The second kappa shape index (κ2) is 8.15. The molecule has 2 aromatic rings. The van der Waals surface area contributed by atoms with E-state index in [4.69, 9.17) is 4.74 Å². The van der Waals surface area contributed by atoms with Gasteiger partial charge in [0.15, 0.2) is 0 Å². The van der Waals surface area contributed by atoms with E-state index in [1.807, 2.05) is 31.2 Å². The Bertz CT molecular complexity index is 724. The van der Waals surface area contributed by atoms with Crippen molar-refractivity contribution in [2.24, 2.45) is 0 Å². The van der Waals surface area contributed by atoms with Gasteiger partial charge in [-0.3, -0.25) is 9.59 Å². The Hall–Kier alpha value is -2.82. The monoisotopic (exact) mass is 326 g/mol. The van der Waals surface area contributed by atoms with Gasteiger partial charge in [0.1, 0.15) is 5.75 Å². The number of benzene rings is 2. The van der Waals surface area contributed by atoms with Crippen molar-refractivity contribution in [3.8, 4) is 5.75 Å². The molecule has 0 heterocycles. The standard InChI is InChI=1S/C19H22N2O3/c1-13-4-6-14(7-5-13)8-11-18(22)21-16-10-9-15(19(23)20-2)12-17(16)24-3/h4-7,9-10,12H,8,11H2,1-3H3,(H,20,23)(H,21,22). The third kappa shape index (κ3) is 4.59. The zero-order chi connectivity index (χ0) is 17.5. The fourth-order valence-corrected chi connectivity index (χ4v) is 2.31. The van der Waals surface area contributed by atoms with Gasteiger partial charge in [0, 0.05) is 19.0 Å². The summed E-state index contributed by atoms with van der Waals surface area (Å²) in [4.78, 5) is 23.8. The van der Waals surface area contributed by atoms with Crippen molar-refractivity contribution < 1.29 is 14.3 Å². The average Bonchev–Trinajstić information content (AvgIpc) is 2.60. The van der Waals surface area contributed by atoms with Crippen molar-refractivity contribution in [3.05, 3.63) is 59.2 Å². The summed E-state index contributed by atoms with van der Waals surface area (Å²) in [7, 11) is 3.07. The molecule has 2 rings (SSSR count). The number of carbonyl (C=O) groups excluding carboxylic acids is 2. The van der Waals surface area contributed by atoms with Gasteiger partial charge in [0.25, 0.3) is 5.91 Å². The molecule has 2 N–H and O–H groups in total. The minimum Gasteiger partial charge on any atom is -0.495 e. The van der Waals surface area contributed by atoms with E-state index >= 15 is 0 Å². The van der Waals surface area contributed by atoms with Crippen LogP contribution in [0.1, 0.15) is 27.9 Å². The van der Waals surface area contributed by atoms with Gasteiger partial charge in [-0.25, -0.2) is 0 Å². The smallest absolute Gasteiger partial charge is 0.251 e. The fraction of sp³-hybridized carbons (Fsp3) is 0.263. The van der Waals surface area contributed by atoms with E-state index in [2.05, 4.69) is 10.6 Å². The van der Waals surface area contributed by atoms with E-state index in [1.165, 1.54) is 12.7 Å². The number of rotatable bonds is 6. The third-order valence-corrected chi connectivity index (χ3v) is 3.73. The summed E-state index contributed by atoms with van der Waals surface area (Å²) in [6.45, 7) is 2.03. The highest BCUT2D eigenvalue weighted by molar-refractivity contribution is 5.97. The largest absolute Gasteiger partial charge is 0.495 e. The minimum atomic E-state index is -0.203. The predicted octanol–water partition coefficient (Wildman–Crippen LogP) is 2.93. The molecule has 0 spiro atoms. The Labute approximate surface area is 142 Å². The van der Waals surface area contributed by atoms with Crippen LogP contribution in [0.5, 0.6) is 5.75 Å². The lowest BCUT2D eigenvalue weighted by Gasteiger charge is -2.11. The Morgan fingerprint density at radius 3 is 2.42 bits per heavy atom. The minimum absolute atomic E-state index is 0.0958. The van der Waals surface area contributed by atoms with Gasteiger partial charge in [-0.1, -0.05) is 29.8 Å². The van der Waals surface area contributed by atoms with Crippen LogP contribution in [0.4, 0.5) is 5.69 Å². The van der Waals surface area contributed by atoms with Crippen molar-refractivity contribution in [2.75, 3.05) is 19.5 Å². The molecule has 24 heavy (non-hydrogen) atoms. The number of hydrogen-bond donors (Lipinski definition) is 2. The number of anilines is 1. The lowest BCUT2D eigenvalue weighted by atomic mass is 10.1. The second-order valence-corrected chi connectivity index (χ2v) is 5.53. The van der Waals surface area contributed by atoms with Gasteiger partial charge in [0.05, 0.1) is 12.8 Å². The number of aryl methyl sites for hydroxylation is 2. The summed E-state index contributed by atoms with van der Waals surface area (Å²) < 4.78 is 5.26. The first-order valence-electron chi connectivity index (χ1n) is 7.79. The van der Waals surface area contributed by atoms with E-state index in [0.29, 0.717) is 29.8 Å². The molecule has 2 amide bonds. The first kappa shape index (κ1) is 17.5. The molecule has 0 aromatic heterocycles. The Balaban J connectivity index is 2.00. The number of carbonyl (C=O) groups is 2. The van der Waals surface area contributed by atoms with Gasteiger partial charge >= 0.3 is 0 Å². The highest BCUT2D eigenvalue weighted by Gasteiger charge is 2.11. The maximum Gasteiger partial charge on any atom is 0.251 e. The molecule has 5 heteroatoms. The molecule has 0 aliphatic carbocycles. The summed E-state index contributed by atoms with van der Waals surface area (Å²) in [6.07, 6.45) is 1.05. The third-order valence-electron chi connectivity index (χ3n) is 3.73. The summed E-state index contributed by atoms with van der Waals surface area (Å²) in [5, 5.41) is 5.38. The first-order chi connectivity index (χ1) is 11.5. The molecule has 0 bridgehead atoms. The van der Waals surface area contributed by atoms with Crippen molar-refractivity contribution >= 4 is 17.5 Å². The Kier molecular flexibility index (Phi) is 5.95. The summed E-state index contributed by atoms with van der Waals surface area (Å²) >= 11 is 0. The van der Waals surface area contributed by atoms with Gasteiger partial charge in [-0.15, -0.1) is 0 Å². The lowest BCUT2D eigenvalue weighted by Crippen LogP contribution is -2.18. The van der Waals surface area contributed by atoms with Crippen LogP contribution in [0.15, 0.2) is 42.5 Å². The molecular formula is C19H22N2O3. The molecule has 5 nitrogen and oxygen atoms in total. The van der Waals surface area contributed by atoms with Crippen LogP contribution < -0.4 is 15.4 Å². The number of hydrogen-bond acceptors (Lipinski definition) is 3. The Morgan fingerprint density at radius 2 is 1.79 bits per heavy atom. The lowest BCUT2D eigenvalue weighted by molar-refractivity contribution is -0.116. The fourth-order valence-electron chi connectivity index (χ4n) is 2.31.